The molecule has 3 nitrogen and oxygen atoms in total. The summed E-state index contributed by atoms with van der Waals surface area (Å²) < 4.78 is 0. The molecule has 0 aromatic carbocycles. The minimum Gasteiger partial charge on any atom is -0.352 e. The molecule has 1 saturated carbocycles. The van der Waals surface area contributed by atoms with E-state index in [1.165, 1.54) is 32.1 Å². The van der Waals surface area contributed by atoms with Crippen molar-refractivity contribution in [2.24, 2.45) is 11.7 Å². The Morgan fingerprint density at radius 3 is 2.67 bits per heavy atom. The summed E-state index contributed by atoms with van der Waals surface area (Å²) in [6.45, 7) is 2.47. The Morgan fingerprint density at radius 2 is 2.07 bits per heavy atom. The number of carbonyl (C=O) groups excluding carboxylic acids is 1. The van der Waals surface area contributed by atoms with E-state index in [0.29, 0.717) is 13.0 Å². The second-order valence-electron chi connectivity index (χ2n) is 4.75. The summed E-state index contributed by atoms with van der Waals surface area (Å²) in [6.07, 6.45) is 8.46. The van der Waals surface area contributed by atoms with Gasteiger partial charge in [-0.3, -0.25) is 4.79 Å². The summed E-state index contributed by atoms with van der Waals surface area (Å²) >= 11 is 0. The minimum absolute atomic E-state index is 0.115. The van der Waals surface area contributed by atoms with Crippen molar-refractivity contribution >= 4 is 5.91 Å². The Kier molecular flexibility index (Phi) is 5.69. The number of nitrogens with two attached hydrogens (primary N) is 1. The molecule has 3 heteroatoms. The lowest BCUT2D eigenvalue weighted by molar-refractivity contribution is -0.122. The fourth-order valence-electron chi connectivity index (χ4n) is 2.22. The third kappa shape index (κ3) is 5.17. The Balaban J connectivity index is 2.10. The van der Waals surface area contributed by atoms with E-state index in [9.17, 15) is 4.79 Å². The summed E-state index contributed by atoms with van der Waals surface area (Å²) in [5, 5.41) is 2.91. The van der Waals surface area contributed by atoms with Gasteiger partial charge in [0, 0.05) is 19.0 Å². The van der Waals surface area contributed by atoms with Crippen LogP contribution >= 0.6 is 0 Å². The lowest BCUT2D eigenvalue weighted by Gasteiger charge is -2.21. The van der Waals surface area contributed by atoms with Crippen LogP contribution in [-0.2, 0) is 4.79 Å². The van der Waals surface area contributed by atoms with Crippen molar-refractivity contribution in [3.8, 4) is 0 Å². The minimum atomic E-state index is 0.115. The molecule has 0 aromatic heterocycles. The average molecular weight is 212 g/mol. The number of nitrogens with one attached hydrogen (secondary N) is 1. The maximum Gasteiger partial charge on any atom is 0.220 e. The monoisotopic (exact) mass is 212 g/mol. The molecule has 15 heavy (non-hydrogen) atoms. The Labute approximate surface area is 92.8 Å². The van der Waals surface area contributed by atoms with Crippen molar-refractivity contribution in [3.63, 3.8) is 0 Å². The quantitative estimate of drug-likeness (QED) is 0.730. The van der Waals surface area contributed by atoms with Gasteiger partial charge in [-0.05, 0) is 19.3 Å². The van der Waals surface area contributed by atoms with E-state index in [2.05, 4.69) is 5.32 Å². The first-order valence-electron chi connectivity index (χ1n) is 6.21. The van der Waals surface area contributed by atoms with Crippen molar-refractivity contribution in [1.82, 2.24) is 5.32 Å². The molecule has 1 rings (SSSR count). The van der Waals surface area contributed by atoms with E-state index >= 15 is 0 Å². The first kappa shape index (κ1) is 12.5. The van der Waals surface area contributed by atoms with Gasteiger partial charge in [0.25, 0.3) is 0 Å². The Bertz CT molecular complexity index is 188. The topological polar surface area (TPSA) is 55.1 Å². The van der Waals surface area contributed by atoms with E-state index in [1.807, 2.05) is 6.92 Å². The zero-order chi connectivity index (χ0) is 11.1. The highest BCUT2D eigenvalue weighted by Gasteiger charge is 2.15. The van der Waals surface area contributed by atoms with Crippen molar-refractivity contribution in [1.29, 1.82) is 0 Å². The summed E-state index contributed by atoms with van der Waals surface area (Å²) in [5.74, 6) is 0.955. The molecule has 88 valence electrons. The number of hydrogen-bond acceptors (Lipinski definition) is 2. The number of amides is 1. The molecule has 0 unspecified atom stereocenters. The molecule has 0 saturated heterocycles. The molecule has 0 aliphatic heterocycles. The zero-order valence-corrected chi connectivity index (χ0v) is 9.80. The first-order valence-corrected chi connectivity index (χ1v) is 6.21. The van der Waals surface area contributed by atoms with E-state index < -0.39 is 0 Å². The fraction of sp³-hybridized carbons (Fsp3) is 0.917. The van der Waals surface area contributed by atoms with E-state index in [1.54, 1.807) is 0 Å². The van der Waals surface area contributed by atoms with Gasteiger partial charge in [0.2, 0.25) is 5.91 Å². The van der Waals surface area contributed by atoms with Gasteiger partial charge in [-0.15, -0.1) is 0 Å². The van der Waals surface area contributed by atoms with Crippen LogP contribution in [-0.4, -0.2) is 18.5 Å². The summed E-state index contributed by atoms with van der Waals surface area (Å²) in [5.41, 5.74) is 5.44. The molecular weight excluding hydrogens is 188 g/mol. The molecule has 0 bridgehead atoms. The highest BCUT2D eigenvalue weighted by Crippen LogP contribution is 2.27. The van der Waals surface area contributed by atoms with E-state index in [-0.39, 0.29) is 11.9 Å². The molecule has 1 atom stereocenters. The smallest absolute Gasteiger partial charge is 0.220 e. The maximum atomic E-state index is 11.5. The molecule has 1 aliphatic carbocycles. The number of rotatable bonds is 5. The van der Waals surface area contributed by atoms with Crippen molar-refractivity contribution < 1.29 is 4.79 Å². The molecular formula is C12H24N2O. The number of hydrogen-bond donors (Lipinski definition) is 2. The molecule has 3 N–H and O–H groups in total. The average Bonchev–Trinajstić information content (AvgIpc) is 2.27. The first-order chi connectivity index (χ1) is 7.22. The lowest BCUT2D eigenvalue weighted by Crippen LogP contribution is -2.37. The zero-order valence-electron chi connectivity index (χ0n) is 9.80. The predicted octanol–water partition coefficient (Wildman–Crippen LogP) is 1.81. The highest BCUT2D eigenvalue weighted by molar-refractivity contribution is 5.76. The van der Waals surface area contributed by atoms with Crippen molar-refractivity contribution in [2.45, 2.75) is 57.9 Å². The van der Waals surface area contributed by atoms with Crippen LogP contribution < -0.4 is 11.1 Å². The maximum absolute atomic E-state index is 11.5. The summed E-state index contributed by atoms with van der Waals surface area (Å²) in [7, 11) is 0. The molecule has 1 aliphatic rings. The van der Waals surface area contributed by atoms with Gasteiger partial charge < -0.3 is 11.1 Å². The normalized spacial score (nSPS) is 19.9. The van der Waals surface area contributed by atoms with Crippen LogP contribution in [0.5, 0.6) is 0 Å². The van der Waals surface area contributed by atoms with Crippen LogP contribution in [0, 0.1) is 5.92 Å². The fourth-order valence-corrected chi connectivity index (χ4v) is 2.22. The number of carbonyl (C=O) groups is 1. The van der Waals surface area contributed by atoms with Crippen molar-refractivity contribution in [3.05, 3.63) is 0 Å². The predicted molar refractivity (Wildman–Crippen MR) is 62.5 cm³/mol. The van der Waals surface area contributed by atoms with Gasteiger partial charge in [0.15, 0.2) is 0 Å². The second-order valence-corrected chi connectivity index (χ2v) is 4.75. The van der Waals surface area contributed by atoms with Crippen LogP contribution in [0.25, 0.3) is 0 Å². The molecule has 0 aromatic rings. The largest absolute Gasteiger partial charge is 0.352 e. The summed E-state index contributed by atoms with van der Waals surface area (Å²) in [4.78, 5) is 11.5. The molecule has 1 fully saturated rings. The Hall–Kier alpha value is -0.570. The van der Waals surface area contributed by atoms with Crippen molar-refractivity contribution in [2.75, 3.05) is 6.54 Å². The van der Waals surface area contributed by atoms with Gasteiger partial charge in [0.1, 0.15) is 0 Å². The third-order valence-corrected chi connectivity index (χ3v) is 3.27. The van der Waals surface area contributed by atoms with Crippen LogP contribution in [0.3, 0.4) is 0 Å². The molecule has 0 heterocycles. The third-order valence-electron chi connectivity index (χ3n) is 3.27. The lowest BCUT2D eigenvalue weighted by atomic mass is 9.86. The van der Waals surface area contributed by atoms with Crippen LogP contribution in [0.15, 0.2) is 0 Å². The van der Waals surface area contributed by atoms with Gasteiger partial charge in [0.05, 0.1) is 0 Å². The summed E-state index contributed by atoms with van der Waals surface area (Å²) in [6, 6.07) is 0.115. The van der Waals surface area contributed by atoms with Crippen LogP contribution in [0.1, 0.15) is 51.9 Å². The standard InChI is InChI=1S/C12H24N2O/c1-10(9-13)14-12(15)8-7-11-5-3-2-4-6-11/h10-11H,2-9,13H2,1H3,(H,14,15)/t10-/m1/s1. The second kappa shape index (κ2) is 6.83. The van der Waals surface area contributed by atoms with Crippen LogP contribution in [0.4, 0.5) is 0 Å². The molecule has 0 radical (unpaired) electrons. The van der Waals surface area contributed by atoms with Gasteiger partial charge in [-0.2, -0.15) is 0 Å². The van der Waals surface area contributed by atoms with Crippen LogP contribution in [0.2, 0.25) is 0 Å². The van der Waals surface area contributed by atoms with Gasteiger partial charge in [-0.25, -0.2) is 0 Å². The van der Waals surface area contributed by atoms with E-state index in [0.717, 1.165) is 12.3 Å². The molecule has 0 spiro atoms. The molecule has 1 amide bonds. The van der Waals surface area contributed by atoms with Gasteiger partial charge in [-0.1, -0.05) is 32.1 Å². The highest BCUT2D eigenvalue weighted by atomic mass is 16.1. The van der Waals surface area contributed by atoms with E-state index in [4.69, 9.17) is 5.73 Å². The SMILES string of the molecule is C[C@H](CN)NC(=O)CCC1CCCCC1. The Morgan fingerprint density at radius 1 is 1.40 bits per heavy atom. The van der Waals surface area contributed by atoms with Gasteiger partial charge >= 0.3 is 0 Å².